The van der Waals surface area contributed by atoms with E-state index in [1.165, 1.54) is 0 Å². The summed E-state index contributed by atoms with van der Waals surface area (Å²) in [5.74, 6) is 0.182. The lowest BCUT2D eigenvalue weighted by molar-refractivity contribution is -0.136. The summed E-state index contributed by atoms with van der Waals surface area (Å²) in [5, 5.41) is 4.29. The third-order valence-electron chi connectivity index (χ3n) is 5.08. The molecule has 1 amide bonds. The van der Waals surface area contributed by atoms with Crippen LogP contribution < -0.4 is 10.9 Å². The van der Waals surface area contributed by atoms with Gasteiger partial charge in [0.1, 0.15) is 0 Å². The minimum absolute atomic E-state index is 0.0321. The van der Waals surface area contributed by atoms with E-state index < -0.39 is 0 Å². The summed E-state index contributed by atoms with van der Waals surface area (Å²) in [6.07, 6.45) is 5.88. The summed E-state index contributed by atoms with van der Waals surface area (Å²) >= 11 is 0. The van der Waals surface area contributed by atoms with Gasteiger partial charge in [-0.05, 0) is 24.5 Å². The first-order valence-electron chi connectivity index (χ1n) is 8.64. The van der Waals surface area contributed by atoms with Crippen molar-refractivity contribution in [3.8, 4) is 0 Å². The number of likely N-dealkylation sites (tertiary alicyclic amines) is 1. The molecule has 2 N–H and O–H groups in total. The van der Waals surface area contributed by atoms with Crippen molar-refractivity contribution in [1.82, 2.24) is 25.5 Å². The summed E-state index contributed by atoms with van der Waals surface area (Å²) in [7, 11) is 0. The number of nitrogens with zero attached hydrogens (tertiary/aromatic N) is 3. The van der Waals surface area contributed by atoms with Gasteiger partial charge in [0.15, 0.2) is 0 Å². The monoisotopic (exact) mass is 325 g/mol. The van der Waals surface area contributed by atoms with Crippen LogP contribution in [0.5, 0.6) is 0 Å². The number of carbonyl (C=O) groups is 1. The third kappa shape index (κ3) is 2.95. The molecule has 3 atom stereocenters. The summed E-state index contributed by atoms with van der Waals surface area (Å²) < 4.78 is 1.93. The van der Waals surface area contributed by atoms with Crippen LogP contribution in [0, 0.1) is 5.92 Å². The fourth-order valence-electron chi connectivity index (χ4n) is 3.86. The summed E-state index contributed by atoms with van der Waals surface area (Å²) in [5.41, 5.74) is 7.60. The van der Waals surface area contributed by atoms with E-state index in [0.29, 0.717) is 6.54 Å². The third-order valence-corrected chi connectivity index (χ3v) is 5.08. The second-order valence-corrected chi connectivity index (χ2v) is 6.58. The molecule has 2 aliphatic rings. The average Bonchev–Trinajstić information content (AvgIpc) is 3.37. The molecule has 0 spiro atoms. The smallest absolute Gasteiger partial charge is 0.229 e. The first-order chi connectivity index (χ1) is 11.8. The van der Waals surface area contributed by atoms with Crippen molar-refractivity contribution in [2.45, 2.75) is 31.5 Å². The number of hydrogen-bond acceptors (Lipinski definition) is 4. The van der Waals surface area contributed by atoms with E-state index in [0.717, 1.165) is 31.5 Å². The van der Waals surface area contributed by atoms with Gasteiger partial charge in [-0.25, -0.2) is 5.43 Å². The SMILES string of the molecule is O=C(C1CNNC1c1ccccc1)N1CCCC1Cn1cccn1. The predicted octanol–water partition coefficient (Wildman–Crippen LogP) is 1.34. The highest BCUT2D eigenvalue weighted by molar-refractivity contribution is 5.81. The van der Waals surface area contributed by atoms with Crippen LogP contribution in [-0.4, -0.2) is 39.7 Å². The molecule has 2 fully saturated rings. The van der Waals surface area contributed by atoms with Gasteiger partial charge >= 0.3 is 0 Å². The second kappa shape index (κ2) is 6.75. The van der Waals surface area contributed by atoms with Gasteiger partial charge in [-0.2, -0.15) is 5.10 Å². The van der Waals surface area contributed by atoms with Gasteiger partial charge < -0.3 is 4.90 Å². The molecule has 2 aliphatic heterocycles. The molecule has 3 heterocycles. The molecule has 2 aromatic rings. The highest BCUT2D eigenvalue weighted by Gasteiger charge is 2.40. The van der Waals surface area contributed by atoms with Crippen molar-refractivity contribution >= 4 is 5.91 Å². The van der Waals surface area contributed by atoms with Gasteiger partial charge in [0.2, 0.25) is 5.91 Å². The number of carbonyl (C=O) groups excluding carboxylic acids is 1. The summed E-state index contributed by atoms with van der Waals surface area (Å²) in [6.45, 7) is 2.30. The van der Waals surface area contributed by atoms with Crippen LogP contribution >= 0.6 is 0 Å². The first-order valence-corrected chi connectivity index (χ1v) is 8.64. The highest BCUT2D eigenvalue weighted by atomic mass is 16.2. The van der Waals surface area contributed by atoms with E-state index in [2.05, 4.69) is 33.0 Å². The lowest BCUT2D eigenvalue weighted by Gasteiger charge is -2.29. The zero-order chi connectivity index (χ0) is 16.4. The van der Waals surface area contributed by atoms with E-state index in [4.69, 9.17) is 0 Å². The van der Waals surface area contributed by atoms with Gasteiger partial charge in [-0.3, -0.25) is 14.9 Å². The molecule has 24 heavy (non-hydrogen) atoms. The molecule has 0 aliphatic carbocycles. The molecule has 0 saturated carbocycles. The zero-order valence-electron chi connectivity index (χ0n) is 13.6. The molecule has 4 rings (SSSR count). The lowest BCUT2D eigenvalue weighted by Crippen LogP contribution is -2.43. The Morgan fingerprint density at radius 1 is 1.25 bits per heavy atom. The minimum atomic E-state index is -0.0642. The molecular weight excluding hydrogens is 302 g/mol. The highest BCUT2D eigenvalue weighted by Crippen LogP contribution is 2.29. The number of nitrogens with one attached hydrogen (secondary N) is 2. The first kappa shape index (κ1) is 15.4. The Labute approximate surface area is 141 Å². The largest absolute Gasteiger partial charge is 0.338 e. The minimum Gasteiger partial charge on any atom is -0.338 e. The number of hydrazine groups is 1. The molecule has 126 valence electrons. The molecule has 2 saturated heterocycles. The number of benzene rings is 1. The van der Waals surface area contributed by atoms with Crippen molar-refractivity contribution in [2.24, 2.45) is 5.92 Å². The average molecular weight is 325 g/mol. The Kier molecular flexibility index (Phi) is 4.32. The Bertz CT molecular complexity index is 672. The zero-order valence-corrected chi connectivity index (χ0v) is 13.6. The molecule has 3 unspecified atom stereocenters. The maximum absolute atomic E-state index is 13.2. The van der Waals surface area contributed by atoms with E-state index in [9.17, 15) is 4.79 Å². The van der Waals surface area contributed by atoms with Gasteiger partial charge in [0.25, 0.3) is 0 Å². The maximum atomic E-state index is 13.2. The van der Waals surface area contributed by atoms with Crippen molar-refractivity contribution in [1.29, 1.82) is 0 Å². The Hall–Kier alpha value is -2.18. The fourth-order valence-corrected chi connectivity index (χ4v) is 3.86. The molecule has 6 nitrogen and oxygen atoms in total. The van der Waals surface area contributed by atoms with Crippen LogP contribution in [0.4, 0.5) is 0 Å². The van der Waals surface area contributed by atoms with Crippen molar-refractivity contribution in [3.63, 3.8) is 0 Å². The van der Waals surface area contributed by atoms with Gasteiger partial charge in [-0.15, -0.1) is 0 Å². The van der Waals surface area contributed by atoms with E-state index in [1.54, 1.807) is 6.20 Å². The Balaban J connectivity index is 1.49. The standard InChI is InChI=1S/C18H23N5O/c24-18(16-12-19-21-17(16)14-6-2-1-3-7-14)23-11-4-8-15(23)13-22-10-5-9-20-22/h1-3,5-7,9-10,15-17,19,21H,4,8,11-13H2. The molecular formula is C18H23N5O. The summed E-state index contributed by atoms with van der Waals surface area (Å²) in [6, 6.07) is 12.4. The van der Waals surface area contributed by atoms with Crippen LogP contribution in [0.15, 0.2) is 48.8 Å². The maximum Gasteiger partial charge on any atom is 0.229 e. The molecule has 0 bridgehead atoms. The van der Waals surface area contributed by atoms with Gasteiger partial charge in [0.05, 0.1) is 24.5 Å². The number of rotatable bonds is 4. The molecule has 1 aromatic heterocycles. The van der Waals surface area contributed by atoms with Gasteiger partial charge in [-0.1, -0.05) is 30.3 Å². The fraction of sp³-hybridized carbons (Fsp3) is 0.444. The normalized spacial score (nSPS) is 26.8. The van der Waals surface area contributed by atoms with Crippen LogP contribution in [0.1, 0.15) is 24.4 Å². The predicted molar refractivity (Wildman–Crippen MR) is 90.8 cm³/mol. The Morgan fingerprint density at radius 2 is 2.12 bits per heavy atom. The van der Waals surface area contributed by atoms with Crippen LogP contribution in [0.25, 0.3) is 0 Å². The van der Waals surface area contributed by atoms with Crippen LogP contribution in [-0.2, 0) is 11.3 Å². The van der Waals surface area contributed by atoms with E-state index in [1.807, 2.05) is 35.1 Å². The number of hydrogen-bond donors (Lipinski definition) is 2. The van der Waals surface area contributed by atoms with Crippen LogP contribution in [0.2, 0.25) is 0 Å². The number of aromatic nitrogens is 2. The summed E-state index contributed by atoms with van der Waals surface area (Å²) in [4.78, 5) is 15.3. The van der Waals surface area contributed by atoms with Crippen LogP contribution in [0.3, 0.4) is 0 Å². The second-order valence-electron chi connectivity index (χ2n) is 6.58. The molecule has 6 heteroatoms. The van der Waals surface area contributed by atoms with E-state index in [-0.39, 0.29) is 23.9 Å². The van der Waals surface area contributed by atoms with E-state index >= 15 is 0 Å². The Morgan fingerprint density at radius 3 is 2.92 bits per heavy atom. The van der Waals surface area contributed by atoms with Crippen molar-refractivity contribution in [2.75, 3.05) is 13.1 Å². The molecule has 1 aromatic carbocycles. The topological polar surface area (TPSA) is 62.2 Å². The molecule has 0 radical (unpaired) electrons. The number of amides is 1. The lowest BCUT2D eigenvalue weighted by atomic mass is 9.93. The van der Waals surface area contributed by atoms with Crippen molar-refractivity contribution in [3.05, 3.63) is 54.4 Å². The van der Waals surface area contributed by atoms with Crippen molar-refractivity contribution < 1.29 is 4.79 Å². The van der Waals surface area contributed by atoms with Gasteiger partial charge in [0, 0.05) is 25.5 Å². The quantitative estimate of drug-likeness (QED) is 0.890.